The number of tetrazole rings is 1. The number of nitrogens with zero attached hydrogens (tertiary/aromatic N) is 3. The summed E-state index contributed by atoms with van der Waals surface area (Å²) < 4.78 is 2.07. The molecule has 0 fully saturated rings. The van der Waals surface area contributed by atoms with Crippen LogP contribution in [0.1, 0.15) is 0 Å². The standard InChI is InChI=1S/C7H5BrN4O/c8-5-2-1-3-6(4-5)12-7(13)9-10-11-12/h1-4H,(H,9,11,13). The van der Waals surface area contributed by atoms with Crippen molar-refractivity contribution in [2.45, 2.75) is 0 Å². The zero-order chi connectivity index (χ0) is 9.26. The predicted molar refractivity (Wildman–Crippen MR) is 49.7 cm³/mol. The fourth-order valence-corrected chi connectivity index (χ4v) is 1.36. The quantitative estimate of drug-likeness (QED) is 0.799. The van der Waals surface area contributed by atoms with Crippen LogP contribution in [0, 0.1) is 0 Å². The number of aromatic amines is 1. The Morgan fingerprint density at radius 3 is 2.92 bits per heavy atom. The molecule has 0 saturated carbocycles. The zero-order valence-corrected chi connectivity index (χ0v) is 8.02. The van der Waals surface area contributed by atoms with Crippen molar-refractivity contribution in [2.75, 3.05) is 0 Å². The molecule has 66 valence electrons. The zero-order valence-electron chi connectivity index (χ0n) is 6.44. The summed E-state index contributed by atoms with van der Waals surface area (Å²) >= 11 is 3.30. The molecule has 0 aliphatic rings. The Balaban J connectivity index is 2.59. The van der Waals surface area contributed by atoms with E-state index in [-0.39, 0.29) is 5.69 Å². The van der Waals surface area contributed by atoms with Crippen LogP contribution in [0.15, 0.2) is 33.5 Å². The Morgan fingerprint density at radius 1 is 1.46 bits per heavy atom. The number of nitrogens with one attached hydrogen (secondary N) is 1. The van der Waals surface area contributed by atoms with Crippen LogP contribution in [0.5, 0.6) is 0 Å². The molecule has 2 aromatic rings. The van der Waals surface area contributed by atoms with Crippen LogP contribution >= 0.6 is 15.9 Å². The summed E-state index contributed by atoms with van der Waals surface area (Å²) in [4.78, 5) is 11.1. The van der Waals surface area contributed by atoms with E-state index in [2.05, 4.69) is 31.5 Å². The van der Waals surface area contributed by atoms with Gasteiger partial charge in [-0.3, -0.25) is 0 Å². The van der Waals surface area contributed by atoms with Gasteiger partial charge in [0.05, 0.1) is 5.69 Å². The molecule has 0 unspecified atom stereocenters. The smallest absolute Gasteiger partial charge is 0.244 e. The first-order valence-corrected chi connectivity index (χ1v) is 4.33. The third kappa shape index (κ3) is 1.52. The highest BCUT2D eigenvalue weighted by molar-refractivity contribution is 9.10. The Morgan fingerprint density at radius 2 is 2.31 bits per heavy atom. The minimum Gasteiger partial charge on any atom is -0.244 e. The Labute approximate surface area is 81.5 Å². The number of hydrogen-bond acceptors (Lipinski definition) is 3. The largest absolute Gasteiger partial charge is 0.365 e. The molecule has 0 spiro atoms. The summed E-state index contributed by atoms with van der Waals surface area (Å²) in [6.07, 6.45) is 0. The van der Waals surface area contributed by atoms with Gasteiger partial charge in [0.25, 0.3) is 0 Å². The van der Waals surface area contributed by atoms with Crippen molar-refractivity contribution in [3.8, 4) is 5.69 Å². The topological polar surface area (TPSA) is 63.6 Å². The first-order valence-electron chi connectivity index (χ1n) is 3.54. The maximum Gasteiger partial charge on any atom is 0.365 e. The van der Waals surface area contributed by atoms with Gasteiger partial charge in [0, 0.05) is 4.47 Å². The molecule has 0 aliphatic carbocycles. The molecular formula is C7H5BrN4O. The SMILES string of the molecule is O=c1[nH]nnn1-c1cccc(Br)c1. The maximum atomic E-state index is 11.1. The van der Waals surface area contributed by atoms with E-state index in [1.165, 1.54) is 4.68 Å². The molecule has 0 bridgehead atoms. The molecule has 2 rings (SSSR count). The molecule has 13 heavy (non-hydrogen) atoms. The van der Waals surface area contributed by atoms with Crippen molar-refractivity contribution in [1.29, 1.82) is 0 Å². The summed E-state index contributed by atoms with van der Waals surface area (Å²) in [7, 11) is 0. The number of halogens is 1. The lowest BCUT2D eigenvalue weighted by Crippen LogP contribution is -2.15. The van der Waals surface area contributed by atoms with Crippen LogP contribution in [0.3, 0.4) is 0 Å². The lowest BCUT2D eigenvalue weighted by Gasteiger charge is -1.97. The van der Waals surface area contributed by atoms with E-state index in [1.807, 2.05) is 12.1 Å². The van der Waals surface area contributed by atoms with Crippen LogP contribution in [0.2, 0.25) is 0 Å². The van der Waals surface area contributed by atoms with E-state index in [1.54, 1.807) is 12.1 Å². The van der Waals surface area contributed by atoms with Crippen molar-refractivity contribution in [1.82, 2.24) is 20.2 Å². The Kier molecular flexibility index (Phi) is 1.97. The molecule has 1 N–H and O–H groups in total. The summed E-state index contributed by atoms with van der Waals surface area (Å²) in [5.41, 5.74) is 0.325. The predicted octanol–water partition coefficient (Wildman–Crippen LogP) is 0.718. The van der Waals surface area contributed by atoms with Crippen LogP contribution < -0.4 is 5.69 Å². The average molecular weight is 241 g/mol. The molecule has 0 saturated heterocycles. The van der Waals surface area contributed by atoms with Gasteiger partial charge in [0.15, 0.2) is 0 Å². The average Bonchev–Trinajstić information content (AvgIpc) is 2.51. The van der Waals surface area contributed by atoms with Crippen molar-refractivity contribution >= 4 is 15.9 Å². The van der Waals surface area contributed by atoms with Crippen molar-refractivity contribution in [2.24, 2.45) is 0 Å². The molecule has 1 aromatic heterocycles. The molecule has 0 atom stereocenters. The van der Waals surface area contributed by atoms with Gasteiger partial charge in [0.2, 0.25) is 0 Å². The summed E-state index contributed by atoms with van der Waals surface area (Å²) in [6.45, 7) is 0. The van der Waals surface area contributed by atoms with E-state index in [4.69, 9.17) is 0 Å². The van der Waals surface area contributed by atoms with E-state index >= 15 is 0 Å². The minimum atomic E-state index is -0.349. The van der Waals surface area contributed by atoms with Gasteiger partial charge in [-0.1, -0.05) is 22.0 Å². The van der Waals surface area contributed by atoms with Gasteiger partial charge in [-0.15, -0.1) is 0 Å². The lowest BCUT2D eigenvalue weighted by molar-refractivity contribution is 0.779. The first kappa shape index (κ1) is 8.18. The van der Waals surface area contributed by atoms with Crippen LogP contribution in [0.25, 0.3) is 5.69 Å². The van der Waals surface area contributed by atoms with Gasteiger partial charge in [0.1, 0.15) is 0 Å². The number of H-pyrrole nitrogens is 1. The summed E-state index contributed by atoms with van der Waals surface area (Å²) in [5, 5.41) is 9.21. The normalized spacial score (nSPS) is 10.2. The van der Waals surface area contributed by atoms with Gasteiger partial charge >= 0.3 is 5.69 Å². The van der Waals surface area contributed by atoms with Gasteiger partial charge in [-0.2, -0.15) is 4.68 Å². The Hall–Kier alpha value is -1.43. The number of benzene rings is 1. The van der Waals surface area contributed by atoms with Crippen molar-refractivity contribution < 1.29 is 0 Å². The third-order valence-electron chi connectivity index (χ3n) is 1.52. The second-order valence-corrected chi connectivity index (χ2v) is 3.31. The number of hydrogen-bond donors (Lipinski definition) is 1. The first-order chi connectivity index (χ1) is 6.27. The van der Waals surface area contributed by atoms with Crippen molar-refractivity contribution in [3.63, 3.8) is 0 Å². The van der Waals surface area contributed by atoms with Gasteiger partial charge in [-0.05, 0) is 28.6 Å². The fourth-order valence-electron chi connectivity index (χ4n) is 0.975. The third-order valence-corrected chi connectivity index (χ3v) is 2.02. The Bertz CT molecular complexity index is 475. The molecule has 0 aliphatic heterocycles. The van der Waals surface area contributed by atoms with Crippen LogP contribution in [-0.2, 0) is 0 Å². The molecule has 6 heteroatoms. The lowest BCUT2D eigenvalue weighted by atomic mass is 10.3. The number of aromatic nitrogens is 4. The monoisotopic (exact) mass is 240 g/mol. The van der Waals surface area contributed by atoms with Gasteiger partial charge < -0.3 is 0 Å². The molecular weight excluding hydrogens is 236 g/mol. The van der Waals surface area contributed by atoms with Crippen molar-refractivity contribution in [3.05, 3.63) is 39.2 Å². The maximum absolute atomic E-state index is 11.1. The van der Waals surface area contributed by atoms with Crippen LogP contribution in [0.4, 0.5) is 0 Å². The fraction of sp³-hybridized carbons (Fsp3) is 0. The van der Waals surface area contributed by atoms with Crippen LogP contribution in [-0.4, -0.2) is 20.2 Å². The van der Waals surface area contributed by atoms with E-state index in [0.717, 1.165) is 4.47 Å². The molecule has 0 amide bonds. The highest BCUT2D eigenvalue weighted by Crippen LogP contribution is 2.12. The highest BCUT2D eigenvalue weighted by Gasteiger charge is 2.01. The number of rotatable bonds is 1. The van der Waals surface area contributed by atoms with E-state index < -0.39 is 0 Å². The molecule has 5 nitrogen and oxygen atoms in total. The molecule has 0 radical (unpaired) electrons. The second-order valence-electron chi connectivity index (χ2n) is 2.40. The molecule has 1 heterocycles. The van der Waals surface area contributed by atoms with E-state index in [9.17, 15) is 4.79 Å². The second kappa shape index (κ2) is 3.14. The highest BCUT2D eigenvalue weighted by atomic mass is 79.9. The summed E-state index contributed by atoms with van der Waals surface area (Å²) in [5.74, 6) is 0. The summed E-state index contributed by atoms with van der Waals surface area (Å²) in [6, 6.07) is 7.24. The van der Waals surface area contributed by atoms with Gasteiger partial charge in [-0.25, -0.2) is 9.89 Å². The van der Waals surface area contributed by atoms with E-state index in [0.29, 0.717) is 5.69 Å². The molecule has 1 aromatic carbocycles. The minimum absolute atomic E-state index is 0.349.